The van der Waals surface area contributed by atoms with E-state index >= 15 is 0 Å². The number of carbonyl (C=O) groups is 3. The van der Waals surface area contributed by atoms with Crippen molar-refractivity contribution in [1.29, 1.82) is 0 Å². The van der Waals surface area contributed by atoms with Crippen molar-refractivity contribution in [1.82, 2.24) is 15.5 Å². The second-order valence-corrected chi connectivity index (χ2v) is 9.21. The highest BCUT2D eigenvalue weighted by atomic mass is 35.5. The van der Waals surface area contributed by atoms with E-state index in [4.69, 9.17) is 11.6 Å². The molecule has 2 aromatic rings. The van der Waals surface area contributed by atoms with E-state index < -0.39 is 6.04 Å². The highest BCUT2D eigenvalue weighted by Crippen LogP contribution is 2.23. The summed E-state index contributed by atoms with van der Waals surface area (Å²) in [6.07, 6.45) is 2.07. The van der Waals surface area contributed by atoms with Crippen molar-refractivity contribution in [3.63, 3.8) is 0 Å². The van der Waals surface area contributed by atoms with Crippen LogP contribution in [0.25, 0.3) is 0 Å². The number of hydrogen-bond donors (Lipinski definition) is 2. The molecule has 1 aliphatic rings. The van der Waals surface area contributed by atoms with Crippen molar-refractivity contribution in [3.05, 3.63) is 70.2 Å². The number of hydrogen-bond acceptors (Lipinski definition) is 3. The van der Waals surface area contributed by atoms with Crippen LogP contribution in [0.2, 0.25) is 5.02 Å². The maximum absolute atomic E-state index is 13.1. The van der Waals surface area contributed by atoms with Gasteiger partial charge in [-0.2, -0.15) is 0 Å². The van der Waals surface area contributed by atoms with E-state index in [2.05, 4.69) is 10.6 Å². The molecule has 6 nitrogen and oxygen atoms in total. The van der Waals surface area contributed by atoms with Gasteiger partial charge in [-0.05, 0) is 75.4 Å². The van der Waals surface area contributed by atoms with Gasteiger partial charge in [-0.1, -0.05) is 36.2 Å². The molecule has 1 aliphatic heterocycles. The maximum atomic E-state index is 13.1. The lowest BCUT2D eigenvalue weighted by molar-refractivity contribution is -0.125. The minimum absolute atomic E-state index is 0.0165. The summed E-state index contributed by atoms with van der Waals surface area (Å²) in [5, 5.41) is 6.56. The van der Waals surface area contributed by atoms with Gasteiger partial charge in [0, 0.05) is 35.3 Å². The number of nitrogens with zero attached hydrogens (tertiary/aromatic N) is 1. The van der Waals surface area contributed by atoms with Crippen molar-refractivity contribution in [2.45, 2.75) is 52.1 Å². The van der Waals surface area contributed by atoms with Crippen molar-refractivity contribution in [2.75, 3.05) is 13.1 Å². The van der Waals surface area contributed by atoms with Gasteiger partial charge in [0.2, 0.25) is 5.91 Å². The summed E-state index contributed by atoms with van der Waals surface area (Å²) in [7, 11) is 0. The Labute approximate surface area is 200 Å². The zero-order chi connectivity index (χ0) is 24.0. The number of piperidine rings is 1. The molecular formula is C26H32ClN3O3. The zero-order valence-electron chi connectivity index (χ0n) is 19.4. The molecule has 0 radical (unpaired) electrons. The molecule has 0 aliphatic carbocycles. The first kappa shape index (κ1) is 24.8. The van der Waals surface area contributed by atoms with Gasteiger partial charge < -0.3 is 15.5 Å². The molecule has 176 valence electrons. The van der Waals surface area contributed by atoms with E-state index in [1.54, 1.807) is 41.3 Å². The summed E-state index contributed by atoms with van der Waals surface area (Å²) in [6, 6.07) is 13.5. The van der Waals surface area contributed by atoms with Crippen molar-refractivity contribution < 1.29 is 14.4 Å². The molecule has 0 bridgehead atoms. The van der Waals surface area contributed by atoms with Crippen LogP contribution in [0.5, 0.6) is 0 Å². The summed E-state index contributed by atoms with van der Waals surface area (Å²) in [5.74, 6) is -0.543. The van der Waals surface area contributed by atoms with Crippen LogP contribution < -0.4 is 10.6 Å². The van der Waals surface area contributed by atoms with E-state index in [1.807, 2.05) is 32.9 Å². The third-order valence-electron chi connectivity index (χ3n) is 6.27. The average molecular weight is 470 g/mol. The summed E-state index contributed by atoms with van der Waals surface area (Å²) in [5.41, 5.74) is 2.18. The second kappa shape index (κ2) is 11.3. The van der Waals surface area contributed by atoms with Crippen molar-refractivity contribution in [3.8, 4) is 0 Å². The van der Waals surface area contributed by atoms with Crippen molar-refractivity contribution >= 4 is 29.3 Å². The Hall–Kier alpha value is -2.86. The van der Waals surface area contributed by atoms with E-state index in [0.717, 1.165) is 12.0 Å². The largest absolute Gasteiger partial charge is 0.352 e. The highest BCUT2D eigenvalue weighted by molar-refractivity contribution is 6.30. The molecule has 7 heteroatoms. The van der Waals surface area contributed by atoms with Crippen LogP contribution in [-0.2, 0) is 4.79 Å². The Bertz CT molecular complexity index is 967. The number of carbonyl (C=O) groups excluding carboxylic acids is 3. The molecule has 2 atom stereocenters. The maximum Gasteiger partial charge on any atom is 0.253 e. The fraction of sp³-hybridized carbons (Fsp3) is 0.423. The minimum atomic E-state index is -0.652. The van der Waals surface area contributed by atoms with Crippen LogP contribution in [-0.4, -0.2) is 47.8 Å². The first-order chi connectivity index (χ1) is 15.8. The predicted octanol–water partition coefficient (Wildman–Crippen LogP) is 4.21. The Balaban J connectivity index is 1.69. The number of benzene rings is 2. The van der Waals surface area contributed by atoms with E-state index in [0.29, 0.717) is 42.1 Å². The number of rotatable bonds is 7. The lowest BCUT2D eigenvalue weighted by atomic mass is 9.88. The lowest BCUT2D eigenvalue weighted by Gasteiger charge is -2.36. The molecule has 1 fully saturated rings. The fourth-order valence-corrected chi connectivity index (χ4v) is 4.10. The molecular weight excluding hydrogens is 438 g/mol. The standard InChI is InChI=1S/C26H32ClN3O3/c1-4-18(3)28-25(32)23(29-24(31)20-7-5-17(2)6-8-20)19-13-15-30(16-14-19)26(33)21-9-11-22(27)12-10-21/h5-12,18-19,23H,4,13-16H2,1-3H3,(H,28,32)(H,29,31)/t18-,23-/m0/s1. The van der Waals surface area contributed by atoms with E-state index in [9.17, 15) is 14.4 Å². The Kier molecular flexibility index (Phi) is 8.50. The van der Waals surface area contributed by atoms with Crippen molar-refractivity contribution in [2.24, 2.45) is 5.92 Å². The normalized spacial score (nSPS) is 16.1. The fourth-order valence-electron chi connectivity index (χ4n) is 3.97. The van der Waals surface area contributed by atoms with Crippen LogP contribution in [0, 0.1) is 12.8 Å². The number of aryl methyl sites for hydroxylation is 1. The lowest BCUT2D eigenvalue weighted by Crippen LogP contribution is -2.55. The van der Waals surface area contributed by atoms with E-state index in [-0.39, 0.29) is 29.7 Å². The number of nitrogens with one attached hydrogen (secondary N) is 2. The second-order valence-electron chi connectivity index (χ2n) is 8.77. The summed E-state index contributed by atoms with van der Waals surface area (Å²) >= 11 is 5.93. The molecule has 2 aromatic carbocycles. The SMILES string of the molecule is CC[C@H](C)NC(=O)[C@@H](NC(=O)c1ccc(C)cc1)C1CCN(C(=O)c2ccc(Cl)cc2)CC1. The molecule has 0 spiro atoms. The number of amides is 3. The predicted molar refractivity (Wildman–Crippen MR) is 130 cm³/mol. The smallest absolute Gasteiger partial charge is 0.253 e. The zero-order valence-corrected chi connectivity index (χ0v) is 20.2. The quantitative estimate of drug-likeness (QED) is 0.637. The van der Waals surface area contributed by atoms with E-state index in [1.165, 1.54) is 0 Å². The molecule has 0 aromatic heterocycles. The van der Waals surface area contributed by atoms with Gasteiger partial charge in [0.25, 0.3) is 11.8 Å². The molecule has 3 rings (SSSR count). The summed E-state index contributed by atoms with van der Waals surface area (Å²) in [4.78, 5) is 40.6. The molecule has 1 saturated heterocycles. The third-order valence-corrected chi connectivity index (χ3v) is 6.53. The Morgan fingerprint density at radius 3 is 2.12 bits per heavy atom. The Morgan fingerprint density at radius 2 is 1.55 bits per heavy atom. The highest BCUT2D eigenvalue weighted by Gasteiger charge is 2.34. The Morgan fingerprint density at radius 1 is 0.970 bits per heavy atom. The number of likely N-dealkylation sites (tertiary alicyclic amines) is 1. The van der Waals surface area contributed by atoms with Crippen LogP contribution in [0.15, 0.2) is 48.5 Å². The van der Waals surface area contributed by atoms with Gasteiger partial charge in [0.1, 0.15) is 6.04 Å². The molecule has 0 saturated carbocycles. The van der Waals surface area contributed by atoms with Crippen LogP contribution >= 0.6 is 11.6 Å². The average Bonchev–Trinajstić information content (AvgIpc) is 2.82. The molecule has 33 heavy (non-hydrogen) atoms. The van der Waals surface area contributed by atoms with Gasteiger partial charge in [-0.25, -0.2) is 0 Å². The molecule has 0 unspecified atom stereocenters. The summed E-state index contributed by atoms with van der Waals surface area (Å²) in [6.45, 7) is 6.97. The van der Waals surface area contributed by atoms with Gasteiger partial charge in [0.05, 0.1) is 0 Å². The van der Waals surface area contributed by atoms with Gasteiger partial charge in [0.15, 0.2) is 0 Å². The molecule has 1 heterocycles. The van der Waals surface area contributed by atoms with Gasteiger partial charge in [-0.3, -0.25) is 14.4 Å². The summed E-state index contributed by atoms with van der Waals surface area (Å²) < 4.78 is 0. The topological polar surface area (TPSA) is 78.5 Å². The molecule has 3 amide bonds. The third kappa shape index (κ3) is 6.57. The monoisotopic (exact) mass is 469 g/mol. The number of halogens is 1. The first-order valence-electron chi connectivity index (χ1n) is 11.5. The van der Waals surface area contributed by atoms with Gasteiger partial charge in [-0.15, -0.1) is 0 Å². The van der Waals surface area contributed by atoms with Crippen LogP contribution in [0.1, 0.15) is 59.4 Å². The van der Waals surface area contributed by atoms with Crippen LogP contribution in [0.4, 0.5) is 0 Å². The van der Waals surface area contributed by atoms with Crippen LogP contribution in [0.3, 0.4) is 0 Å². The molecule has 2 N–H and O–H groups in total. The first-order valence-corrected chi connectivity index (χ1v) is 11.9. The minimum Gasteiger partial charge on any atom is -0.352 e. The van der Waals surface area contributed by atoms with Gasteiger partial charge >= 0.3 is 0 Å².